The summed E-state index contributed by atoms with van der Waals surface area (Å²) in [7, 11) is -5.52. The van der Waals surface area contributed by atoms with E-state index in [1.807, 2.05) is 34.6 Å². The van der Waals surface area contributed by atoms with E-state index in [4.69, 9.17) is 13.3 Å². The second-order valence-electron chi connectivity index (χ2n) is 4.33. The van der Waals surface area contributed by atoms with E-state index < -0.39 is 21.5 Å². The molecule has 0 spiro atoms. The van der Waals surface area contributed by atoms with Crippen molar-refractivity contribution < 1.29 is 22.4 Å². The van der Waals surface area contributed by atoms with E-state index in [2.05, 4.69) is 0 Å². The van der Waals surface area contributed by atoms with Crippen LogP contribution in [-0.4, -0.2) is 34.8 Å². The van der Waals surface area contributed by atoms with Crippen LogP contribution in [0.3, 0.4) is 0 Å². The summed E-state index contributed by atoms with van der Waals surface area (Å²) in [5, 5.41) is -0.551. The summed E-state index contributed by atoms with van der Waals surface area (Å²) in [6.07, 6.45) is 1.39. The Hall–Kier alpha value is -0.00312. The molecular formula is C12H27O5PSi. The highest BCUT2D eigenvalue weighted by atomic mass is 31.1. The van der Waals surface area contributed by atoms with Gasteiger partial charge in [0.25, 0.3) is 0 Å². The highest BCUT2D eigenvalue weighted by Crippen LogP contribution is 2.49. The Morgan fingerprint density at radius 1 is 0.842 bits per heavy atom. The van der Waals surface area contributed by atoms with Gasteiger partial charge in [-0.15, -0.1) is 0 Å². The van der Waals surface area contributed by atoms with Gasteiger partial charge in [0.2, 0.25) is 0 Å². The molecule has 7 heteroatoms. The highest BCUT2D eigenvalue weighted by Gasteiger charge is 2.59. The average Bonchev–Trinajstić information content (AvgIpc) is 2.36. The molecule has 0 saturated heterocycles. The van der Waals surface area contributed by atoms with Crippen LogP contribution in [0.5, 0.6) is 0 Å². The van der Waals surface area contributed by atoms with Crippen LogP contribution in [0.1, 0.15) is 47.5 Å². The Labute approximate surface area is 118 Å². The third-order valence-corrected chi connectivity index (χ3v) is 8.79. The molecule has 0 bridgehead atoms. The Bertz CT molecular complexity index is 290. The standard InChI is InChI=1S/C12H27O5PSi/c1-6-12(7-2,11-18(13)14)19(15-8-3,16-9-4)17-10-5/h6-11H2,1-5H3. The van der Waals surface area contributed by atoms with Crippen LogP contribution in [0, 0.1) is 0 Å². The summed E-state index contributed by atoms with van der Waals surface area (Å²) in [5.74, 6) is 0. The molecule has 0 unspecified atom stereocenters. The van der Waals surface area contributed by atoms with Crippen LogP contribution >= 0.6 is 7.68 Å². The van der Waals surface area contributed by atoms with Gasteiger partial charge in [0.1, 0.15) is 0 Å². The normalized spacial score (nSPS) is 12.7. The first kappa shape index (κ1) is 19.0. The fraction of sp³-hybridized carbons (Fsp3) is 1.00. The molecule has 0 rings (SSSR count). The molecule has 0 aromatic rings. The molecule has 0 aliphatic carbocycles. The maximum Gasteiger partial charge on any atom is 0.508 e. The minimum absolute atomic E-state index is 0.0571. The zero-order valence-electron chi connectivity index (χ0n) is 12.7. The van der Waals surface area contributed by atoms with E-state index in [9.17, 15) is 9.13 Å². The van der Waals surface area contributed by atoms with Gasteiger partial charge < -0.3 is 13.3 Å². The minimum atomic E-state index is -3.02. The molecule has 0 atom stereocenters. The summed E-state index contributed by atoms with van der Waals surface area (Å²) in [4.78, 5) is 0. The zero-order chi connectivity index (χ0) is 14.9. The fourth-order valence-electron chi connectivity index (χ4n) is 2.40. The Balaban J connectivity index is 5.66. The molecule has 0 aromatic heterocycles. The van der Waals surface area contributed by atoms with Crippen molar-refractivity contribution in [1.29, 1.82) is 0 Å². The molecule has 19 heavy (non-hydrogen) atoms. The molecule has 0 radical (unpaired) electrons. The Kier molecular flexibility index (Phi) is 9.03. The summed E-state index contributed by atoms with van der Waals surface area (Å²) in [6.45, 7) is 11.0. The van der Waals surface area contributed by atoms with Crippen molar-refractivity contribution in [2.75, 3.05) is 26.0 Å². The van der Waals surface area contributed by atoms with Crippen LogP contribution in [-0.2, 0) is 22.4 Å². The predicted molar refractivity (Wildman–Crippen MR) is 77.1 cm³/mol. The summed E-state index contributed by atoms with van der Waals surface area (Å²) in [5.41, 5.74) is 0. The SMILES string of the molecule is CCO[Si](OCC)(OCC)C(CC)(CC)CP(=O)=O. The summed E-state index contributed by atoms with van der Waals surface area (Å²) >= 11 is 0. The van der Waals surface area contributed by atoms with E-state index >= 15 is 0 Å². The van der Waals surface area contributed by atoms with Gasteiger partial charge in [-0.25, -0.2) is 9.13 Å². The van der Waals surface area contributed by atoms with Crippen LogP contribution in [0.2, 0.25) is 5.04 Å². The first-order valence-electron chi connectivity index (χ1n) is 7.01. The van der Waals surface area contributed by atoms with Crippen molar-refractivity contribution in [2.45, 2.75) is 52.5 Å². The van der Waals surface area contributed by atoms with E-state index in [1.165, 1.54) is 0 Å². The van der Waals surface area contributed by atoms with Crippen LogP contribution in [0.25, 0.3) is 0 Å². The monoisotopic (exact) mass is 310 g/mol. The molecule has 0 N–H and O–H groups in total. The van der Waals surface area contributed by atoms with Gasteiger partial charge in [0, 0.05) is 19.8 Å². The maximum atomic E-state index is 11.3. The number of rotatable bonds is 11. The van der Waals surface area contributed by atoms with Gasteiger partial charge >= 0.3 is 16.5 Å². The smallest absolute Gasteiger partial charge is 0.373 e. The van der Waals surface area contributed by atoms with Crippen molar-refractivity contribution in [2.24, 2.45) is 0 Å². The van der Waals surface area contributed by atoms with Crippen LogP contribution < -0.4 is 0 Å². The third kappa shape index (κ3) is 4.50. The fourth-order valence-corrected chi connectivity index (χ4v) is 7.68. The van der Waals surface area contributed by atoms with Crippen LogP contribution in [0.4, 0.5) is 0 Å². The predicted octanol–water partition coefficient (Wildman–Crippen LogP) is 3.77. The lowest BCUT2D eigenvalue weighted by Crippen LogP contribution is -2.57. The molecule has 0 saturated carbocycles. The molecule has 5 nitrogen and oxygen atoms in total. The highest BCUT2D eigenvalue weighted by molar-refractivity contribution is 7.31. The molecule has 0 aromatic carbocycles. The van der Waals surface area contributed by atoms with Gasteiger partial charge in [-0.05, 0) is 33.6 Å². The van der Waals surface area contributed by atoms with E-state index in [0.29, 0.717) is 32.7 Å². The topological polar surface area (TPSA) is 61.8 Å². The van der Waals surface area contributed by atoms with Crippen molar-refractivity contribution in [1.82, 2.24) is 0 Å². The number of hydrogen-bond donors (Lipinski definition) is 0. The Morgan fingerprint density at radius 2 is 1.21 bits per heavy atom. The second kappa shape index (κ2) is 9.03. The zero-order valence-corrected chi connectivity index (χ0v) is 14.6. The molecule has 0 aliphatic rings. The maximum absolute atomic E-state index is 11.3. The average molecular weight is 310 g/mol. The van der Waals surface area contributed by atoms with Crippen molar-refractivity contribution >= 4 is 16.5 Å². The van der Waals surface area contributed by atoms with Crippen molar-refractivity contribution in [3.63, 3.8) is 0 Å². The molecule has 0 aliphatic heterocycles. The van der Waals surface area contributed by atoms with E-state index in [0.717, 1.165) is 0 Å². The Morgan fingerprint density at radius 3 is 1.42 bits per heavy atom. The van der Waals surface area contributed by atoms with Crippen molar-refractivity contribution in [3.8, 4) is 0 Å². The minimum Gasteiger partial charge on any atom is -0.373 e. The first-order chi connectivity index (χ1) is 8.97. The lowest BCUT2D eigenvalue weighted by molar-refractivity contribution is 0.0439. The van der Waals surface area contributed by atoms with Gasteiger partial charge in [0.15, 0.2) is 0 Å². The van der Waals surface area contributed by atoms with Gasteiger partial charge in [-0.2, -0.15) is 0 Å². The van der Waals surface area contributed by atoms with E-state index in [1.54, 1.807) is 0 Å². The largest absolute Gasteiger partial charge is 0.508 e. The first-order valence-corrected chi connectivity index (χ1v) is 10.1. The lowest BCUT2D eigenvalue weighted by atomic mass is 10.1. The molecular weight excluding hydrogens is 283 g/mol. The van der Waals surface area contributed by atoms with E-state index in [-0.39, 0.29) is 6.16 Å². The van der Waals surface area contributed by atoms with Gasteiger partial charge in [-0.1, -0.05) is 13.8 Å². The summed E-state index contributed by atoms with van der Waals surface area (Å²) in [6, 6.07) is 0. The second-order valence-corrected chi connectivity index (χ2v) is 8.35. The number of hydrogen-bond acceptors (Lipinski definition) is 5. The molecule has 0 heterocycles. The lowest BCUT2D eigenvalue weighted by Gasteiger charge is -2.43. The molecule has 0 amide bonds. The van der Waals surface area contributed by atoms with Crippen molar-refractivity contribution in [3.05, 3.63) is 0 Å². The van der Waals surface area contributed by atoms with Crippen LogP contribution in [0.15, 0.2) is 0 Å². The molecule has 114 valence electrons. The third-order valence-electron chi connectivity index (χ3n) is 3.44. The quantitative estimate of drug-likeness (QED) is 0.429. The van der Waals surface area contributed by atoms with Gasteiger partial charge in [-0.3, -0.25) is 0 Å². The summed E-state index contributed by atoms with van der Waals surface area (Å²) < 4.78 is 40.2. The van der Waals surface area contributed by atoms with Gasteiger partial charge in [0.05, 0.1) is 11.2 Å². The molecule has 0 fully saturated rings.